The van der Waals surface area contributed by atoms with Gasteiger partial charge >= 0.3 is 58.4 Å². The monoisotopic (exact) mass is 237 g/mol. The van der Waals surface area contributed by atoms with E-state index in [0.717, 1.165) is 0 Å². The molecule has 0 spiro atoms. The molecule has 0 aromatic heterocycles. The van der Waals surface area contributed by atoms with Crippen LogP contribution in [0.15, 0.2) is 24.3 Å². The Balaban J connectivity index is 0.00000196. The van der Waals surface area contributed by atoms with E-state index in [0.29, 0.717) is 5.56 Å². The summed E-state index contributed by atoms with van der Waals surface area (Å²) in [6.07, 6.45) is -0.724. The van der Waals surface area contributed by atoms with Crippen molar-refractivity contribution in [2.75, 3.05) is 0 Å². The minimum Gasteiger partial charge on any atom is -0.449 e. The molecule has 0 aliphatic rings. The average molecular weight is 237 g/mol. The molecule has 0 radical (unpaired) electrons. The fourth-order valence-corrected chi connectivity index (χ4v) is 1.23. The van der Waals surface area contributed by atoms with Gasteiger partial charge in [-0.1, -0.05) is 36.1 Å². The van der Waals surface area contributed by atoms with Crippen LogP contribution < -0.4 is 51.4 Å². The third-order valence-corrected chi connectivity index (χ3v) is 1.74. The Hall–Kier alpha value is 0.201. The molecule has 0 heterocycles. The van der Waals surface area contributed by atoms with Gasteiger partial charge in [-0.15, -0.1) is 0 Å². The van der Waals surface area contributed by atoms with Gasteiger partial charge in [-0.05, 0) is 5.56 Å². The normalized spacial score (nSPS) is 10.3. The Bertz CT molecular complexity index is 359. The van der Waals surface area contributed by atoms with E-state index >= 15 is 0 Å². The summed E-state index contributed by atoms with van der Waals surface area (Å²) in [6.45, 7) is -4.79. The summed E-state index contributed by atoms with van der Waals surface area (Å²) in [5.74, 6) is 0. The number of halogens is 3. The van der Waals surface area contributed by atoms with E-state index in [1.807, 2.05) is 6.07 Å². The summed E-state index contributed by atoms with van der Waals surface area (Å²) in [6, 6.07) is 7.95. The second kappa shape index (κ2) is 6.71. The predicted octanol–water partition coefficient (Wildman–Crippen LogP) is -0.314. The zero-order valence-electron chi connectivity index (χ0n) is 8.38. The first-order valence-electron chi connectivity index (χ1n) is 4.17. The topological polar surface area (TPSA) is 23.8 Å². The van der Waals surface area contributed by atoms with Gasteiger partial charge in [0, 0.05) is 0 Å². The Morgan fingerprint density at radius 1 is 1.20 bits per heavy atom. The maximum atomic E-state index is 12.1. The fraction of sp³-hybridized carbons (Fsp3) is 0.222. The van der Waals surface area contributed by atoms with E-state index in [1.165, 1.54) is 12.1 Å². The van der Waals surface area contributed by atoms with Crippen LogP contribution in [0.5, 0.6) is 0 Å². The SMILES string of the molecule is N#CCc1cccc(C[B-](F)(F)F)c1.[K+]. The minimum absolute atomic E-state index is 0. The Morgan fingerprint density at radius 3 is 2.33 bits per heavy atom. The van der Waals surface area contributed by atoms with Gasteiger partial charge in [0.25, 0.3) is 0 Å². The Morgan fingerprint density at radius 2 is 1.80 bits per heavy atom. The molecule has 0 unspecified atom stereocenters. The van der Waals surface area contributed by atoms with E-state index in [9.17, 15) is 12.9 Å². The summed E-state index contributed by atoms with van der Waals surface area (Å²) in [7, 11) is 0. The number of rotatable bonds is 3. The maximum Gasteiger partial charge on any atom is 1.00 e. The van der Waals surface area contributed by atoms with Crippen molar-refractivity contribution < 1.29 is 64.3 Å². The minimum atomic E-state index is -4.79. The van der Waals surface area contributed by atoms with Crippen LogP contribution >= 0.6 is 0 Å². The van der Waals surface area contributed by atoms with Crippen molar-refractivity contribution in [2.45, 2.75) is 12.7 Å². The predicted molar refractivity (Wildman–Crippen MR) is 48.5 cm³/mol. The molecule has 0 amide bonds. The van der Waals surface area contributed by atoms with Crippen molar-refractivity contribution in [3.05, 3.63) is 35.4 Å². The molecular formula is C9H8BF3KN. The van der Waals surface area contributed by atoms with E-state index in [1.54, 1.807) is 12.1 Å². The van der Waals surface area contributed by atoms with Gasteiger partial charge in [0.1, 0.15) is 0 Å². The molecule has 0 aliphatic carbocycles. The average Bonchev–Trinajstić information content (AvgIpc) is 2.02. The second-order valence-electron chi connectivity index (χ2n) is 3.07. The Labute approximate surface area is 129 Å². The smallest absolute Gasteiger partial charge is 0.449 e. The largest absolute Gasteiger partial charge is 1.00 e. The molecule has 1 rings (SSSR count). The molecule has 0 fully saturated rings. The summed E-state index contributed by atoms with van der Waals surface area (Å²) in [5.41, 5.74) is 0.857. The first-order chi connectivity index (χ1) is 6.51. The molecule has 74 valence electrons. The molecule has 0 bridgehead atoms. The first-order valence-corrected chi connectivity index (χ1v) is 4.17. The number of nitriles is 1. The molecule has 0 N–H and O–H groups in total. The van der Waals surface area contributed by atoms with Gasteiger partial charge < -0.3 is 12.9 Å². The van der Waals surface area contributed by atoms with E-state index in [-0.39, 0.29) is 63.4 Å². The van der Waals surface area contributed by atoms with Crippen LogP contribution in [0.2, 0.25) is 0 Å². The van der Waals surface area contributed by atoms with Crippen molar-refractivity contribution in [3.8, 4) is 6.07 Å². The zero-order chi connectivity index (χ0) is 10.6. The summed E-state index contributed by atoms with van der Waals surface area (Å²) in [5, 5.41) is 8.37. The van der Waals surface area contributed by atoms with Crippen LogP contribution in [0.4, 0.5) is 12.9 Å². The Kier molecular flexibility index (Phi) is 6.80. The molecule has 0 atom stereocenters. The summed E-state index contributed by atoms with van der Waals surface area (Å²) < 4.78 is 36.2. The molecule has 1 nitrogen and oxygen atoms in total. The van der Waals surface area contributed by atoms with Crippen LogP contribution in [0.25, 0.3) is 0 Å². The van der Waals surface area contributed by atoms with Crippen LogP contribution in [0, 0.1) is 11.3 Å². The molecule has 0 saturated carbocycles. The third kappa shape index (κ3) is 6.38. The van der Waals surface area contributed by atoms with Crippen LogP contribution in [-0.2, 0) is 12.7 Å². The van der Waals surface area contributed by atoms with Gasteiger partial charge in [0.2, 0.25) is 0 Å². The molecule has 15 heavy (non-hydrogen) atoms. The second-order valence-corrected chi connectivity index (χ2v) is 3.07. The zero-order valence-corrected chi connectivity index (χ0v) is 11.5. The maximum absolute atomic E-state index is 12.1. The van der Waals surface area contributed by atoms with Gasteiger partial charge in [0.05, 0.1) is 12.5 Å². The molecule has 0 saturated heterocycles. The molecule has 1 aromatic carbocycles. The number of hydrogen-bond donors (Lipinski definition) is 0. The quantitative estimate of drug-likeness (QED) is 0.661. The van der Waals surface area contributed by atoms with E-state index in [4.69, 9.17) is 5.26 Å². The number of hydrogen-bond acceptors (Lipinski definition) is 1. The standard InChI is InChI=1S/C9H8BF3N.K/c11-10(12,13)7-9-3-1-2-8(6-9)4-5-14;/h1-3,6H,4,7H2;/q-1;+1. The van der Waals surface area contributed by atoms with Gasteiger partial charge in [-0.25, -0.2) is 0 Å². The van der Waals surface area contributed by atoms with Crippen LogP contribution in [0.3, 0.4) is 0 Å². The summed E-state index contributed by atoms with van der Waals surface area (Å²) in [4.78, 5) is 0. The van der Waals surface area contributed by atoms with Gasteiger partial charge in [-0.2, -0.15) is 5.26 Å². The van der Waals surface area contributed by atoms with Crippen molar-refractivity contribution in [1.29, 1.82) is 5.26 Å². The van der Waals surface area contributed by atoms with Gasteiger partial charge in [0.15, 0.2) is 0 Å². The summed E-state index contributed by atoms with van der Waals surface area (Å²) >= 11 is 0. The van der Waals surface area contributed by atoms with Gasteiger partial charge in [-0.3, -0.25) is 0 Å². The molecule has 6 heteroatoms. The van der Waals surface area contributed by atoms with Crippen molar-refractivity contribution in [3.63, 3.8) is 0 Å². The molecular weight excluding hydrogens is 229 g/mol. The number of nitrogens with zero attached hydrogens (tertiary/aromatic N) is 1. The fourth-order valence-electron chi connectivity index (χ4n) is 1.23. The van der Waals surface area contributed by atoms with Crippen molar-refractivity contribution in [2.24, 2.45) is 0 Å². The van der Waals surface area contributed by atoms with Crippen molar-refractivity contribution in [1.82, 2.24) is 0 Å². The van der Waals surface area contributed by atoms with Crippen LogP contribution in [0.1, 0.15) is 11.1 Å². The number of benzene rings is 1. The van der Waals surface area contributed by atoms with Crippen molar-refractivity contribution >= 4 is 6.98 Å². The first kappa shape index (κ1) is 15.2. The van der Waals surface area contributed by atoms with Crippen LogP contribution in [-0.4, -0.2) is 6.98 Å². The van der Waals surface area contributed by atoms with E-state index in [2.05, 4.69) is 0 Å². The third-order valence-electron chi connectivity index (χ3n) is 1.74. The molecule has 1 aromatic rings. The van der Waals surface area contributed by atoms with E-state index < -0.39 is 13.3 Å². The molecule has 0 aliphatic heterocycles.